The predicted molar refractivity (Wildman–Crippen MR) is 99.0 cm³/mol. The van der Waals surface area contributed by atoms with Crippen molar-refractivity contribution in [2.45, 2.75) is 33.1 Å². The first-order valence-electron chi connectivity index (χ1n) is 7.49. The number of nitrogens with one attached hydrogen (secondary N) is 1. The van der Waals surface area contributed by atoms with E-state index in [4.69, 9.17) is 0 Å². The van der Waals surface area contributed by atoms with Gasteiger partial charge in [-0.05, 0) is 51.5 Å². The van der Waals surface area contributed by atoms with Gasteiger partial charge in [-0.2, -0.15) is 5.10 Å². The van der Waals surface area contributed by atoms with Crippen molar-refractivity contribution in [1.82, 2.24) is 5.43 Å². The molecule has 0 saturated carbocycles. The van der Waals surface area contributed by atoms with Crippen LogP contribution in [-0.2, 0) is 5.41 Å². The first-order chi connectivity index (χ1) is 10.8. The summed E-state index contributed by atoms with van der Waals surface area (Å²) in [6, 6.07) is 15.5. The molecule has 0 heterocycles. The molecular formula is C19H21BrN2O. The standard InChI is InChI=1S/C19H21BrN2O/c1-13(14-9-11-15(12-10-14)19(2,3)4)21-22-18(23)16-7-5-6-8-17(16)20/h5-12H,1-4H3,(H,22,23)/b21-13+. The average Bonchev–Trinajstić information content (AvgIpc) is 2.52. The fourth-order valence-corrected chi connectivity index (χ4v) is 2.58. The topological polar surface area (TPSA) is 41.5 Å². The van der Waals surface area contributed by atoms with Crippen molar-refractivity contribution in [3.05, 3.63) is 69.7 Å². The van der Waals surface area contributed by atoms with Gasteiger partial charge in [0.1, 0.15) is 0 Å². The Morgan fingerprint density at radius 3 is 2.22 bits per heavy atom. The summed E-state index contributed by atoms with van der Waals surface area (Å²) in [6.07, 6.45) is 0. The van der Waals surface area contributed by atoms with E-state index >= 15 is 0 Å². The van der Waals surface area contributed by atoms with Gasteiger partial charge in [0.25, 0.3) is 5.91 Å². The van der Waals surface area contributed by atoms with Crippen LogP contribution in [-0.4, -0.2) is 11.6 Å². The molecule has 0 aliphatic heterocycles. The molecule has 0 aromatic heterocycles. The van der Waals surface area contributed by atoms with Crippen molar-refractivity contribution >= 4 is 27.5 Å². The molecule has 0 fully saturated rings. The molecule has 120 valence electrons. The Bertz CT molecular complexity index is 728. The number of halogens is 1. The summed E-state index contributed by atoms with van der Waals surface area (Å²) >= 11 is 3.37. The van der Waals surface area contributed by atoms with E-state index in [2.05, 4.69) is 59.4 Å². The molecule has 0 bridgehead atoms. The van der Waals surface area contributed by atoms with Gasteiger partial charge in [-0.3, -0.25) is 4.79 Å². The molecule has 2 rings (SSSR count). The summed E-state index contributed by atoms with van der Waals surface area (Å²) in [5.41, 5.74) is 6.32. The van der Waals surface area contributed by atoms with Crippen LogP contribution in [0.4, 0.5) is 0 Å². The number of benzene rings is 2. The molecule has 0 aliphatic carbocycles. The number of hydrogen-bond donors (Lipinski definition) is 1. The van der Waals surface area contributed by atoms with Crippen LogP contribution in [0.5, 0.6) is 0 Å². The van der Waals surface area contributed by atoms with E-state index in [0.717, 1.165) is 15.7 Å². The van der Waals surface area contributed by atoms with E-state index in [1.165, 1.54) is 5.56 Å². The maximum atomic E-state index is 12.1. The molecule has 0 radical (unpaired) electrons. The molecular weight excluding hydrogens is 352 g/mol. The number of rotatable bonds is 3. The monoisotopic (exact) mass is 372 g/mol. The van der Waals surface area contributed by atoms with Crippen molar-refractivity contribution in [3.8, 4) is 0 Å². The first kappa shape index (κ1) is 17.4. The molecule has 1 amide bonds. The van der Waals surface area contributed by atoms with Gasteiger partial charge in [-0.25, -0.2) is 5.43 Å². The lowest BCUT2D eigenvalue weighted by molar-refractivity contribution is 0.0954. The second kappa shape index (κ2) is 7.09. The number of amides is 1. The zero-order valence-electron chi connectivity index (χ0n) is 13.9. The van der Waals surface area contributed by atoms with Gasteiger partial charge >= 0.3 is 0 Å². The van der Waals surface area contributed by atoms with Crippen molar-refractivity contribution in [1.29, 1.82) is 0 Å². The summed E-state index contributed by atoms with van der Waals surface area (Å²) in [7, 11) is 0. The highest BCUT2D eigenvalue weighted by atomic mass is 79.9. The minimum absolute atomic E-state index is 0.122. The normalized spacial score (nSPS) is 12.1. The molecule has 0 atom stereocenters. The van der Waals surface area contributed by atoms with Crippen LogP contribution in [0.15, 0.2) is 58.1 Å². The van der Waals surface area contributed by atoms with E-state index in [1.54, 1.807) is 6.07 Å². The number of nitrogens with zero attached hydrogens (tertiary/aromatic N) is 1. The minimum atomic E-state index is -0.233. The number of hydrogen-bond acceptors (Lipinski definition) is 2. The van der Waals surface area contributed by atoms with Gasteiger partial charge in [0.15, 0.2) is 0 Å². The highest BCUT2D eigenvalue weighted by molar-refractivity contribution is 9.10. The molecule has 0 saturated heterocycles. The van der Waals surface area contributed by atoms with Crippen molar-refractivity contribution in [2.24, 2.45) is 5.10 Å². The van der Waals surface area contributed by atoms with Crippen LogP contribution in [0.3, 0.4) is 0 Å². The second-order valence-electron chi connectivity index (χ2n) is 6.45. The predicted octanol–water partition coefficient (Wildman–Crippen LogP) is 4.90. The fraction of sp³-hybridized carbons (Fsp3) is 0.263. The Hall–Kier alpha value is -1.94. The molecule has 23 heavy (non-hydrogen) atoms. The lowest BCUT2D eigenvalue weighted by Gasteiger charge is -2.19. The van der Waals surface area contributed by atoms with Crippen LogP contribution >= 0.6 is 15.9 Å². The Morgan fingerprint density at radius 1 is 1.04 bits per heavy atom. The molecule has 2 aromatic rings. The second-order valence-corrected chi connectivity index (χ2v) is 7.30. The van der Waals surface area contributed by atoms with Gasteiger partial charge < -0.3 is 0 Å². The van der Waals surface area contributed by atoms with E-state index in [1.807, 2.05) is 37.3 Å². The molecule has 2 aromatic carbocycles. The number of hydrazone groups is 1. The molecule has 0 unspecified atom stereocenters. The van der Waals surface area contributed by atoms with E-state index in [0.29, 0.717) is 5.56 Å². The zero-order chi connectivity index (χ0) is 17.0. The van der Waals surface area contributed by atoms with Gasteiger partial charge in [0.2, 0.25) is 0 Å². The van der Waals surface area contributed by atoms with Gasteiger partial charge in [-0.1, -0.05) is 57.2 Å². The zero-order valence-corrected chi connectivity index (χ0v) is 15.4. The van der Waals surface area contributed by atoms with Gasteiger partial charge in [0, 0.05) is 4.47 Å². The van der Waals surface area contributed by atoms with Crippen LogP contribution in [0.1, 0.15) is 49.2 Å². The Kier molecular flexibility index (Phi) is 5.37. The van der Waals surface area contributed by atoms with Gasteiger partial charge in [-0.15, -0.1) is 0 Å². The minimum Gasteiger partial charge on any atom is -0.267 e. The Labute approximate surface area is 145 Å². The first-order valence-corrected chi connectivity index (χ1v) is 8.28. The lowest BCUT2D eigenvalue weighted by Crippen LogP contribution is -2.19. The number of carbonyl (C=O) groups excluding carboxylic acids is 1. The van der Waals surface area contributed by atoms with E-state index < -0.39 is 0 Å². The molecule has 0 spiro atoms. The average molecular weight is 373 g/mol. The summed E-state index contributed by atoms with van der Waals surface area (Å²) in [5.74, 6) is -0.233. The maximum Gasteiger partial charge on any atom is 0.272 e. The lowest BCUT2D eigenvalue weighted by atomic mass is 9.86. The van der Waals surface area contributed by atoms with Crippen LogP contribution in [0.25, 0.3) is 0 Å². The van der Waals surface area contributed by atoms with Crippen LogP contribution in [0.2, 0.25) is 0 Å². The van der Waals surface area contributed by atoms with Crippen LogP contribution in [0, 0.1) is 0 Å². The summed E-state index contributed by atoms with van der Waals surface area (Å²) in [5, 5.41) is 4.20. The summed E-state index contributed by atoms with van der Waals surface area (Å²) < 4.78 is 0.750. The Morgan fingerprint density at radius 2 is 1.65 bits per heavy atom. The van der Waals surface area contributed by atoms with Crippen molar-refractivity contribution in [3.63, 3.8) is 0 Å². The highest BCUT2D eigenvalue weighted by Crippen LogP contribution is 2.22. The van der Waals surface area contributed by atoms with E-state index in [-0.39, 0.29) is 11.3 Å². The quantitative estimate of drug-likeness (QED) is 0.603. The van der Waals surface area contributed by atoms with Gasteiger partial charge in [0.05, 0.1) is 11.3 Å². The number of carbonyl (C=O) groups is 1. The fourth-order valence-electron chi connectivity index (χ4n) is 2.12. The molecule has 0 aliphatic rings. The third kappa shape index (κ3) is 4.52. The third-order valence-corrected chi connectivity index (χ3v) is 4.30. The largest absolute Gasteiger partial charge is 0.272 e. The summed E-state index contributed by atoms with van der Waals surface area (Å²) in [6.45, 7) is 8.43. The highest BCUT2D eigenvalue weighted by Gasteiger charge is 2.13. The molecule has 4 heteroatoms. The SMILES string of the molecule is C/C(=N\NC(=O)c1ccccc1Br)c1ccc(C(C)(C)C)cc1. The maximum absolute atomic E-state index is 12.1. The van der Waals surface area contributed by atoms with Crippen molar-refractivity contribution < 1.29 is 4.79 Å². The third-order valence-electron chi connectivity index (χ3n) is 3.61. The molecule has 1 N–H and O–H groups in total. The van der Waals surface area contributed by atoms with Crippen molar-refractivity contribution in [2.75, 3.05) is 0 Å². The Balaban J connectivity index is 2.11. The molecule has 3 nitrogen and oxygen atoms in total. The van der Waals surface area contributed by atoms with Crippen LogP contribution < -0.4 is 5.43 Å². The van der Waals surface area contributed by atoms with E-state index in [9.17, 15) is 4.79 Å². The smallest absolute Gasteiger partial charge is 0.267 e. The summed E-state index contributed by atoms with van der Waals surface area (Å²) in [4.78, 5) is 12.1.